The van der Waals surface area contributed by atoms with Crippen molar-refractivity contribution in [3.05, 3.63) is 71.3 Å². The van der Waals surface area contributed by atoms with E-state index in [-0.39, 0.29) is 48.1 Å². The zero-order chi connectivity index (χ0) is 23.7. The maximum absolute atomic E-state index is 13.9. The number of likely N-dealkylation sites (tertiary alicyclic amines) is 1. The summed E-state index contributed by atoms with van der Waals surface area (Å²) in [4.78, 5) is 43.9. The van der Waals surface area contributed by atoms with Crippen molar-refractivity contribution in [2.45, 2.75) is 20.3 Å². The highest BCUT2D eigenvalue weighted by molar-refractivity contribution is 6.11. The molecule has 3 fully saturated rings. The molecule has 2 saturated carbocycles. The molecule has 0 aromatic heterocycles. The molecule has 6 nitrogen and oxygen atoms in total. The van der Waals surface area contributed by atoms with E-state index in [9.17, 15) is 14.4 Å². The van der Waals surface area contributed by atoms with Crippen molar-refractivity contribution in [2.75, 3.05) is 18.7 Å². The number of nitrogens with zero attached hydrogens (tertiary/aromatic N) is 2. The van der Waals surface area contributed by atoms with Crippen LogP contribution in [0, 0.1) is 49.4 Å². The first-order valence-corrected chi connectivity index (χ1v) is 12.0. The van der Waals surface area contributed by atoms with Gasteiger partial charge in [0.25, 0.3) is 5.91 Å². The lowest BCUT2D eigenvalue weighted by atomic mass is 9.63. The van der Waals surface area contributed by atoms with Gasteiger partial charge in [-0.3, -0.25) is 24.2 Å². The highest BCUT2D eigenvalue weighted by Crippen LogP contribution is 2.65. The number of carbonyl (C=O) groups is 3. The van der Waals surface area contributed by atoms with Gasteiger partial charge in [-0.2, -0.15) is 0 Å². The van der Waals surface area contributed by atoms with Crippen molar-refractivity contribution in [1.29, 1.82) is 0 Å². The van der Waals surface area contributed by atoms with Crippen LogP contribution >= 0.6 is 0 Å². The zero-order valence-corrected chi connectivity index (χ0v) is 19.6. The number of aryl methyl sites for hydroxylation is 2. The molecule has 1 heterocycles. The van der Waals surface area contributed by atoms with Gasteiger partial charge < -0.3 is 4.74 Å². The third-order valence-electron chi connectivity index (χ3n) is 8.26. The Morgan fingerprint density at radius 3 is 2.26 bits per heavy atom. The number of rotatable bonds is 5. The minimum Gasteiger partial charge on any atom is -0.496 e. The van der Waals surface area contributed by atoms with E-state index >= 15 is 0 Å². The van der Waals surface area contributed by atoms with E-state index in [4.69, 9.17) is 4.74 Å². The molecule has 2 bridgehead atoms. The van der Waals surface area contributed by atoms with Gasteiger partial charge in [0, 0.05) is 5.69 Å². The normalized spacial score (nSPS) is 30.3. The van der Waals surface area contributed by atoms with Crippen LogP contribution in [0.4, 0.5) is 5.69 Å². The summed E-state index contributed by atoms with van der Waals surface area (Å²) in [6.07, 6.45) is 5.45. The average molecular weight is 457 g/mol. The summed E-state index contributed by atoms with van der Waals surface area (Å²) in [5.74, 6) is 0.701. The van der Waals surface area contributed by atoms with Gasteiger partial charge in [-0.05, 0) is 67.7 Å². The minimum absolute atomic E-state index is 0.0970. The Morgan fingerprint density at radius 1 is 1.00 bits per heavy atom. The van der Waals surface area contributed by atoms with Gasteiger partial charge in [0.1, 0.15) is 12.4 Å². The molecule has 6 heteroatoms. The van der Waals surface area contributed by atoms with Crippen molar-refractivity contribution in [3.8, 4) is 5.75 Å². The molecule has 3 amide bonds. The van der Waals surface area contributed by atoms with Crippen molar-refractivity contribution >= 4 is 23.4 Å². The van der Waals surface area contributed by atoms with Gasteiger partial charge in [-0.15, -0.1) is 0 Å². The molecular weight excluding hydrogens is 428 g/mol. The van der Waals surface area contributed by atoms with Crippen LogP contribution in [0.5, 0.6) is 5.75 Å². The van der Waals surface area contributed by atoms with Crippen LogP contribution in [0.15, 0.2) is 54.6 Å². The standard InChI is InChI=1S/C28H28N2O4/c1-15-8-11-22(16(2)12-15)29(26(31)19-6-4-5-7-23(19)34-3)14-30-27(32)24-17-9-10-18(21-13-20(17)21)25(24)28(30)33/h4-12,17-18,20-21,24-25H,13-14H2,1-3H3. The van der Waals surface area contributed by atoms with Crippen molar-refractivity contribution in [2.24, 2.45) is 35.5 Å². The molecular formula is C28H28N2O4. The highest BCUT2D eigenvalue weighted by atomic mass is 16.5. The number of allylic oxidation sites excluding steroid dienone is 2. The lowest BCUT2D eigenvalue weighted by Crippen LogP contribution is -2.45. The van der Waals surface area contributed by atoms with Crippen LogP contribution in [-0.4, -0.2) is 36.4 Å². The number of imide groups is 1. The summed E-state index contributed by atoms with van der Waals surface area (Å²) in [7, 11) is 1.53. The molecule has 1 aliphatic heterocycles. The summed E-state index contributed by atoms with van der Waals surface area (Å²) in [6, 6.07) is 12.9. The van der Waals surface area contributed by atoms with Crippen LogP contribution in [0.3, 0.4) is 0 Å². The lowest BCUT2D eigenvalue weighted by Gasteiger charge is -2.37. The summed E-state index contributed by atoms with van der Waals surface area (Å²) in [5, 5.41) is 0. The maximum Gasteiger partial charge on any atom is 0.263 e. The number of carbonyl (C=O) groups excluding carboxylic acids is 3. The van der Waals surface area contributed by atoms with E-state index in [1.165, 1.54) is 12.0 Å². The second kappa shape index (κ2) is 7.55. The molecule has 4 aliphatic carbocycles. The number of methoxy groups -OCH3 is 1. The van der Waals surface area contributed by atoms with E-state index in [1.54, 1.807) is 23.1 Å². The van der Waals surface area contributed by atoms with Gasteiger partial charge in [0.15, 0.2) is 0 Å². The van der Waals surface area contributed by atoms with Gasteiger partial charge in [0.05, 0.1) is 24.5 Å². The fraction of sp³-hybridized carbons (Fsp3) is 0.393. The fourth-order valence-electron chi connectivity index (χ4n) is 6.62. The van der Waals surface area contributed by atoms with Crippen LogP contribution in [0.2, 0.25) is 0 Å². The summed E-state index contributed by atoms with van der Waals surface area (Å²) in [6.45, 7) is 3.84. The van der Waals surface area contributed by atoms with Crippen LogP contribution in [-0.2, 0) is 9.59 Å². The minimum atomic E-state index is -0.302. The number of amides is 3. The molecule has 0 spiro atoms. The van der Waals surface area contributed by atoms with Crippen LogP contribution in [0.1, 0.15) is 27.9 Å². The van der Waals surface area contributed by atoms with Crippen molar-refractivity contribution in [1.82, 2.24) is 4.90 Å². The molecule has 6 unspecified atom stereocenters. The maximum atomic E-state index is 13.9. The third-order valence-corrected chi connectivity index (χ3v) is 8.26. The van der Waals surface area contributed by atoms with Crippen molar-refractivity contribution in [3.63, 3.8) is 0 Å². The predicted molar refractivity (Wildman–Crippen MR) is 127 cm³/mol. The van der Waals surface area contributed by atoms with Gasteiger partial charge in [-0.1, -0.05) is 42.0 Å². The van der Waals surface area contributed by atoms with Crippen LogP contribution < -0.4 is 9.64 Å². The Labute approximate surface area is 199 Å². The number of ether oxygens (including phenoxy) is 1. The number of hydrogen-bond acceptors (Lipinski definition) is 4. The molecule has 0 radical (unpaired) electrons. The average Bonchev–Trinajstić information content (AvgIpc) is 3.62. The first kappa shape index (κ1) is 21.1. The Balaban J connectivity index is 1.38. The molecule has 5 aliphatic rings. The topological polar surface area (TPSA) is 66.9 Å². The second-order valence-corrected chi connectivity index (χ2v) is 10.1. The second-order valence-electron chi connectivity index (χ2n) is 10.1. The number of anilines is 1. The Kier molecular flexibility index (Phi) is 4.70. The van der Waals surface area contributed by atoms with E-state index in [0.29, 0.717) is 28.8 Å². The number of para-hydroxylation sites is 1. The quantitative estimate of drug-likeness (QED) is 0.504. The lowest BCUT2D eigenvalue weighted by molar-refractivity contribution is -0.140. The Morgan fingerprint density at radius 2 is 1.65 bits per heavy atom. The Bertz CT molecular complexity index is 1210. The molecule has 1 saturated heterocycles. The number of hydrogen-bond donors (Lipinski definition) is 0. The molecule has 0 N–H and O–H groups in total. The van der Waals surface area contributed by atoms with Gasteiger partial charge >= 0.3 is 0 Å². The highest BCUT2D eigenvalue weighted by Gasteiger charge is 2.67. The molecule has 2 aromatic rings. The molecule has 7 rings (SSSR count). The van der Waals surface area contributed by atoms with E-state index in [2.05, 4.69) is 12.2 Å². The molecule has 6 atom stereocenters. The van der Waals surface area contributed by atoms with Gasteiger partial charge in [0.2, 0.25) is 11.8 Å². The molecule has 174 valence electrons. The summed E-state index contributed by atoms with van der Waals surface area (Å²) in [5.41, 5.74) is 3.06. The van der Waals surface area contributed by atoms with Crippen molar-refractivity contribution < 1.29 is 19.1 Å². The summed E-state index contributed by atoms with van der Waals surface area (Å²) >= 11 is 0. The van der Waals surface area contributed by atoms with Gasteiger partial charge in [-0.25, -0.2) is 0 Å². The fourth-order valence-corrected chi connectivity index (χ4v) is 6.62. The monoisotopic (exact) mass is 456 g/mol. The third kappa shape index (κ3) is 2.97. The molecule has 34 heavy (non-hydrogen) atoms. The first-order valence-electron chi connectivity index (χ1n) is 12.0. The Hall–Kier alpha value is -3.41. The molecule has 2 aromatic carbocycles. The predicted octanol–water partition coefficient (Wildman–Crippen LogP) is 3.97. The smallest absolute Gasteiger partial charge is 0.263 e. The first-order chi connectivity index (χ1) is 16.4. The SMILES string of the molecule is COc1ccccc1C(=O)N(CN1C(=O)C2C3C=CC(C4CC34)C2C1=O)c1ccc(C)cc1C. The van der Waals surface area contributed by atoms with E-state index in [1.807, 2.05) is 38.1 Å². The number of benzene rings is 2. The van der Waals surface area contributed by atoms with E-state index in [0.717, 1.165) is 17.5 Å². The van der Waals surface area contributed by atoms with E-state index < -0.39 is 0 Å². The summed E-state index contributed by atoms with van der Waals surface area (Å²) < 4.78 is 5.44. The largest absolute Gasteiger partial charge is 0.496 e. The van der Waals surface area contributed by atoms with Crippen LogP contribution in [0.25, 0.3) is 0 Å². The zero-order valence-electron chi connectivity index (χ0n) is 19.6.